The molecule has 2 N–H and O–H groups in total. The molecule has 1 aliphatic rings. The van der Waals surface area contributed by atoms with Crippen molar-refractivity contribution in [1.29, 1.82) is 0 Å². The van der Waals surface area contributed by atoms with E-state index in [-0.39, 0.29) is 5.91 Å². The number of amides is 1. The number of fused-ring (bicyclic) bond motifs is 1. The van der Waals surface area contributed by atoms with Crippen molar-refractivity contribution in [2.75, 3.05) is 13.1 Å². The average molecular weight is 273 g/mol. The summed E-state index contributed by atoms with van der Waals surface area (Å²) in [4.78, 5) is 11.8. The normalized spacial score (nSPS) is 18.5. The van der Waals surface area contributed by atoms with Crippen LogP contribution >= 0.6 is 0 Å². The van der Waals surface area contributed by atoms with Gasteiger partial charge in [-0.05, 0) is 44.0 Å². The highest BCUT2D eigenvalue weighted by Crippen LogP contribution is 2.14. The van der Waals surface area contributed by atoms with Gasteiger partial charge in [0.25, 0.3) is 0 Å². The molecule has 6 heteroatoms. The molecule has 0 spiro atoms. The maximum Gasteiger partial charge on any atom is 0.220 e. The molecule has 6 nitrogen and oxygen atoms in total. The van der Waals surface area contributed by atoms with Crippen molar-refractivity contribution in [3.05, 3.63) is 30.2 Å². The second-order valence-corrected chi connectivity index (χ2v) is 5.22. The molecular formula is C14H19N5O. The third kappa shape index (κ3) is 2.96. The molecular weight excluding hydrogens is 254 g/mol. The fourth-order valence-electron chi connectivity index (χ4n) is 2.57. The Morgan fingerprint density at radius 1 is 1.45 bits per heavy atom. The van der Waals surface area contributed by atoms with Crippen LogP contribution in [-0.4, -0.2) is 33.6 Å². The van der Waals surface area contributed by atoms with E-state index in [1.807, 2.05) is 28.8 Å². The molecule has 0 radical (unpaired) electrons. The van der Waals surface area contributed by atoms with Gasteiger partial charge in [0.1, 0.15) is 0 Å². The highest BCUT2D eigenvalue weighted by atomic mass is 16.1. The number of pyridine rings is 1. The van der Waals surface area contributed by atoms with E-state index in [4.69, 9.17) is 0 Å². The summed E-state index contributed by atoms with van der Waals surface area (Å²) >= 11 is 0. The first-order valence-corrected chi connectivity index (χ1v) is 7.09. The van der Waals surface area contributed by atoms with Gasteiger partial charge < -0.3 is 10.6 Å². The quantitative estimate of drug-likeness (QED) is 0.842. The van der Waals surface area contributed by atoms with E-state index in [2.05, 4.69) is 20.8 Å². The summed E-state index contributed by atoms with van der Waals surface area (Å²) in [5, 5.41) is 14.4. The summed E-state index contributed by atoms with van der Waals surface area (Å²) in [5.74, 6) is 1.50. The van der Waals surface area contributed by atoms with Crippen LogP contribution in [0.5, 0.6) is 0 Å². The van der Waals surface area contributed by atoms with Gasteiger partial charge in [0.2, 0.25) is 5.91 Å². The molecule has 3 rings (SSSR count). The molecule has 1 fully saturated rings. The van der Waals surface area contributed by atoms with Gasteiger partial charge in [0.15, 0.2) is 11.5 Å². The van der Waals surface area contributed by atoms with Gasteiger partial charge >= 0.3 is 0 Å². The highest BCUT2D eigenvalue weighted by molar-refractivity contribution is 5.75. The first kappa shape index (κ1) is 13.1. The zero-order valence-electron chi connectivity index (χ0n) is 11.4. The van der Waals surface area contributed by atoms with Crippen molar-refractivity contribution < 1.29 is 4.79 Å². The number of hydrogen-bond acceptors (Lipinski definition) is 4. The van der Waals surface area contributed by atoms with Gasteiger partial charge in [-0.2, -0.15) is 0 Å². The minimum Gasteiger partial charge on any atom is -0.349 e. The van der Waals surface area contributed by atoms with Crippen LogP contribution in [0.2, 0.25) is 0 Å². The lowest BCUT2D eigenvalue weighted by atomic mass is 10.0. The second-order valence-electron chi connectivity index (χ2n) is 5.22. The standard InChI is InChI=1S/C14H19N5O/c20-14(5-4-11-6-7-15-9-11)16-10-13-18-17-12-3-1-2-8-19(12)13/h1-3,8,11,15H,4-7,9-10H2,(H,16,20). The molecule has 2 aromatic rings. The van der Waals surface area contributed by atoms with Gasteiger partial charge in [-0.1, -0.05) is 6.07 Å². The lowest BCUT2D eigenvalue weighted by Crippen LogP contribution is -2.24. The molecule has 1 unspecified atom stereocenters. The molecule has 3 heterocycles. The van der Waals surface area contributed by atoms with Crippen molar-refractivity contribution in [3.8, 4) is 0 Å². The lowest BCUT2D eigenvalue weighted by molar-refractivity contribution is -0.121. The van der Waals surface area contributed by atoms with Crippen LogP contribution in [-0.2, 0) is 11.3 Å². The summed E-state index contributed by atoms with van der Waals surface area (Å²) in [7, 11) is 0. The van der Waals surface area contributed by atoms with Gasteiger partial charge in [0.05, 0.1) is 6.54 Å². The van der Waals surface area contributed by atoms with E-state index in [1.54, 1.807) is 0 Å². The van der Waals surface area contributed by atoms with E-state index in [9.17, 15) is 4.79 Å². The minimum atomic E-state index is 0.0876. The Kier molecular flexibility index (Phi) is 3.92. The van der Waals surface area contributed by atoms with E-state index in [1.165, 1.54) is 6.42 Å². The Bertz CT molecular complexity index is 588. The Morgan fingerprint density at radius 3 is 3.25 bits per heavy atom. The zero-order chi connectivity index (χ0) is 13.8. The SMILES string of the molecule is O=C(CCC1CCNC1)NCc1nnc2ccccn12. The Labute approximate surface area is 117 Å². The summed E-state index contributed by atoms with van der Waals surface area (Å²) in [6.45, 7) is 2.55. The maximum atomic E-state index is 11.8. The largest absolute Gasteiger partial charge is 0.349 e. The van der Waals surface area contributed by atoms with Crippen LogP contribution in [0.15, 0.2) is 24.4 Å². The average Bonchev–Trinajstić information content (AvgIpc) is 3.12. The van der Waals surface area contributed by atoms with Gasteiger partial charge in [-0.25, -0.2) is 0 Å². The molecule has 1 aliphatic heterocycles. The van der Waals surface area contributed by atoms with E-state index in [0.29, 0.717) is 18.9 Å². The van der Waals surface area contributed by atoms with Gasteiger partial charge in [-0.15, -0.1) is 10.2 Å². The number of carbonyl (C=O) groups is 1. The number of nitrogens with zero attached hydrogens (tertiary/aromatic N) is 3. The monoisotopic (exact) mass is 273 g/mol. The lowest BCUT2D eigenvalue weighted by Gasteiger charge is -2.08. The smallest absolute Gasteiger partial charge is 0.220 e. The first-order chi connectivity index (χ1) is 9.83. The van der Waals surface area contributed by atoms with Gasteiger partial charge in [-0.3, -0.25) is 9.20 Å². The molecule has 0 bridgehead atoms. The maximum absolute atomic E-state index is 11.8. The third-order valence-electron chi connectivity index (χ3n) is 3.77. The topological polar surface area (TPSA) is 71.3 Å². The summed E-state index contributed by atoms with van der Waals surface area (Å²) < 4.78 is 1.89. The van der Waals surface area contributed by atoms with Crippen molar-refractivity contribution in [2.45, 2.75) is 25.8 Å². The number of nitrogens with one attached hydrogen (secondary N) is 2. The second kappa shape index (κ2) is 6.00. The predicted molar refractivity (Wildman–Crippen MR) is 75.0 cm³/mol. The molecule has 20 heavy (non-hydrogen) atoms. The molecule has 106 valence electrons. The van der Waals surface area contributed by atoms with Crippen LogP contribution in [0.1, 0.15) is 25.1 Å². The van der Waals surface area contributed by atoms with E-state index in [0.717, 1.165) is 31.0 Å². The molecule has 2 aromatic heterocycles. The Hall–Kier alpha value is -1.95. The predicted octanol–water partition coefficient (Wildman–Crippen LogP) is 0.735. The van der Waals surface area contributed by atoms with Crippen LogP contribution in [0.25, 0.3) is 5.65 Å². The number of aromatic nitrogens is 3. The molecule has 1 saturated heterocycles. The molecule has 0 aliphatic carbocycles. The summed E-state index contributed by atoms with van der Waals surface area (Å²) in [6.07, 6.45) is 4.63. The van der Waals surface area contributed by atoms with Crippen LogP contribution in [0.3, 0.4) is 0 Å². The number of hydrogen-bond donors (Lipinski definition) is 2. The fraction of sp³-hybridized carbons (Fsp3) is 0.500. The third-order valence-corrected chi connectivity index (χ3v) is 3.77. The fourth-order valence-corrected chi connectivity index (χ4v) is 2.57. The van der Waals surface area contributed by atoms with Crippen LogP contribution in [0.4, 0.5) is 0 Å². The number of rotatable bonds is 5. The Balaban J connectivity index is 1.49. The summed E-state index contributed by atoms with van der Waals surface area (Å²) in [6, 6.07) is 5.74. The van der Waals surface area contributed by atoms with E-state index >= 15 is 0 Å². The number of carbonyl (C=O) groups excluding carboxylic acids is 1. The van der Waals surface area contributed by atoms with Crippen molar-refractivity contribution in [1.82, 2.24) is 25.2 Å². The molecule has 0 aromatic carbocycles. The van der Waals surface area contributed by atoms with Crippen molar-refractivity contribution in [2.24, 2.45) is 5.92 Å². The highest BCUT2D eigenvalue weighted by Gasteiger charge is 2.15. The minimum absolute atomic E-state index is 0.0876. The zero-order valence-corrected chi connectivity index (χ0v) is 11.4. The Morgan fingerprint density at radius 2 is 2.40 bits per heavy atom. The van der Waals surface area contributed by atoms with E-state index < -0.39 is 0 Å². The van der Waals surface area contributed by atoms with Crippen molar-refractivity contribution in [3.63, 3.8) is 0 Å². The van der Waals surface area contributed by atoms with Gasteiger partial charge in [0, 0.05) is 12.6 Å². The van der Waals surface area contributed by atoms with Crippen LogP contribution in [0, 0.1) is 5.92 Å². The molecule has 1 amide bonds. The molecule has 1 atom stereocenters. The van der Waals surface area contributed by atoms with Crippen molar-refractivity contribution >= 4 is 11.6 Å². The summed E-state index contributed by atoms with van der Waals surface area (Å²) in [5.41, 5.74) is 0.800. The van der Waals surface area contributed by atoms with Crippen LogP contribution < -0.4 is 10.6 Å². The first-order valence-electron chi connectivity index (χ1n) is 7.09. The molecule has 0 saturated carbocycles.